The van der Waals surface area contributed by atoms with Gasteiger partial charge in [0.25, 0.3) is 5.91 Å². The van der Waals surface area contributed by atoms with Crippen molar-refractivity contribution in [2.45, 2.75) is 39.0 Å². The molecule has 0 spiro atoms. The molecule has 2 aromatic rings. The van der Waals surface area contributed by atoms with Crippen LogP contribution in [-0.4, -0.2) is 37.9 Å². The highest BCUT2D eigenvalue weighted by molar-refractivity contribution is 7.89. The molecule has 7 nitrogen and oxygen atoms in total. The number of hydrogen-bond donors (Lipinski definition) is 1. The van der Waals surface area contributed by atoms with Crippen molar-refractivity contribution in [3.8, 4) is 0 Å². The molecular weight excluding hydrogens is 342 g/mol. The smallest absolute Gasteiger partial charge is 0.261 e. The van der Waals surface area contributed by atoms with E-state index in [1.54, 1.807) is 13.0 Å². The van der Waals surface area contributed by atoms with Gasteiger partial charge in [-0.1, -0.05) is 12.1 Å². The highest BCUT2D eigenvalue weighted by Gasteiger charge is 2.23. The van der Waals surface area contributed by atoms with Gasteiger partial charge in [-0.3, -0.25) is 4.79 Å². The van der Waals surface area contributed by atoms with Crippen LogP contribution in [-0.2, 0) is 16.4 Å². The molecule has 136 valence electrons. The molecule has 1 heterocycles. The summed E-state index contributed by atoms with van der Waals surface area (Å²) in [7, 11) is -0.660. The number of carbonyl (C=O) groups excluding carboxylic acids is 1. The fourth-order valence-corrected chi connectivity index (χ4v) is 3.47. The number of nitrogens with zero attached hydrogens (tertiary/aromatic N) is 2. The standard InChI is InChI=1S/C17H23N3O4S/c1-7-14-16(12(4)24-19-14)17(21)18-15-9-13(8-10(2)11(15)3)25(22,23)20(5)6/h8-9H,7H2,1-6H3,(H,18,21). The second kappa shape index (κ2) is 6.97. The Labute approximate surface area is 148 Å². The first-order valence-electron chi connectivity index (χ1n) is 7.89. The van der Waals surface area contributed by atoms with Crippen LogP contribution in [0.1, 0.15) is 39.9 Å². The molecule has 0 aliphatic heterocycles. The van der Waals surface area contributed by atoms with Gasteiger partial charge in [-0.2, -0.15) is 0 Å². The van der Waals surface area contributed by atoms with Crippen molar-refractivity contribution in [3.63, 3.8) is 0 Å². The lowest BCUT2D eigenvalue weighted by Gasteiger charge is -2.16. The molecule has 0 bridgehead atoms. The van der Waals surface area contributed by atoms with Gasteiger partial charge in [-0.25, -0.2) is 12.7 Å². The number of hydrogen-bond acceptors (Lipinski definition) is 5. The molecule has 0 unspecified atom stereocenters. The fourth-order valence-electron chi connectivity index (χ4n) is 2.45. The molecule has 25 heavy (non-hydrogen) atoms. The van der Waals surface area contributed by atoms with Gasteiger partial charge in [0.1, 0.15) is 11.3 Å². The quantitative estimate of drug-likeness (QED) is 0.879. The number of sulfonamides is 1. The Balaban J connectivity index is 2.48. The highest BCUT2D eigenvalue weighted by atomic mass is 32.2. The summed E-state index contributed by atoms with van der Waals surface area (Å²) in [6, 6.07) is 3.08. The lowest BCUT2D eigenvalue weighted by molar-refractivity contribution is 0.102. The van der Waals surface area contributed by atoms with Crippen LogP contribution in [0.2, 0.25) is 0 Å². The Bertz CT molecular complexity index is 914. The molecular formula is C17H23N3O4S. The normalized spacial score (nSPS) is 11.8. The Morgan fingerprint density at radius 3 is 2.44 bits per heavy atom. The third-order valence-corrected chi connectivity index (χ3v) is 5.96. The topological polar surface area (TPSA) is 92.5 Å². The monoisotopic (exact) mass is 365 g/mol. The van der Waals surface area contributed by atoms with Gasteiger partial charge in [-0.05, 0) is 50.5 Å². The maximum absolute atomic E-state index is 12.7. The van der Waals surface area contributed by atoms with E-state index in [0.717, 1.165) is 15.4 Å². The highest BCUT2D eigenvalue weighted by Crippen LogP contribution is 2.26. The number of carbonyl (C=O) groups is 1. The van der Waals surface area contributed by atoms with Crippen molar-refractivity contribution in [1.82, 2.24) is 9.46 Å². The summed E-state index contributed by atoms with van der Waals surface area (Å²) in [4.78, 5) is 12.8. The Kier molecular flexibility index (Phi) is 5.34. The predicted molar refractivity (Wildman–Crippen MR) is 95.4 cm³/mol. The van der Waals surface area contributed by atoms with Gasteiger partial charge in [0.15, 0.2) is 0 Å². The molecule has 1 aromatic heterocycles. The van der Waals surface area contributed by atoms with E-state index in [1.807, 2.05) is 20.8 Å². The summed E-state index contributed by atoms with van der Waals surface area (Å²) in [5.41, 5.74) is 2.99. The molecule has 2 rings (SSSR count). The number of nitrogens with one attached hydrogen (secondary N) is 1. The average Bonchev–Trinajstić information content (AvgIpc) is 2.92. The minimum Gasteiger partial charge on any atom is -0.361 e. The Hall–Kier alpha value is -2.19. The van der Waals surface area contributed by atoms with Crippen LogP contribution in [0.4, 0.5) is 5.69 Å². The minimum absolute atomic E-state index is 0.133. The Morgan fingerprint density at radius 2 is 1.88 bits per heavy atom. The zero-order chi connectivity index (χ0) is 18.9. The fraction of sp³-hybridized carbons (Fsp3) is 0.412. The maximum Gasteiger partial charge on any atom is 0.261 e. The largest absolute Gasteiger partial charge is 0.361 e. The Morgan fingerprint density at radius 1 is 1.24 bits per heavy atom. The van der Waals surface area contributed by atoms with E-state index in [4.69, 9.17) is 4.52 Å². The molecule has 0 aliphatic rings. The van der Waals surface area contributed by atoms with Crippen molar-refractivity contribution in [2.75, 3.05) is 19.4 Å². The second-order valence-corrected chi connectivity index (χ2v) is 8.22. The molecule has 0 saturated carbocycles. The lowest BCUT2D eigenvalue weighted by atomic mass is 10.1. The first kappa shape index (κ1) is 19.1. The number of anilines is 1. The number of amides is 1. The molecule has 0 saturated heterocycles. The molecule has 1 N–H and O–H groups in total. The number of benzene rings is 1. The first-order valence-corrected chi connectivity index (χ1v) is 9.33. The van der Waals surface area contributed by atoms with Crippen LogP contribution in [0.3, 0.4) is 0 Å². The molecule has 0 atom stereocenters. The van der Waals surface area contributed by atoms with E-state index < -0.39 is 10.0 Å². The summed E-state index contributed by atoms with van der Waals surface area (Å²) >= 11 is 0. The second-order valence-electron chi connectivity index (χ2n) is 6.07. The van der Waals surface area contributed by atoms with Gasteiger partial charge in [0, 0.05) is 19.8 Å². The summed E-state index contributed by atoms with van der Waals surface area (Å²) in [5.74, 6) is 0.0679. The third kappa shape index (κ3) is 3.59. The van der Waals surface area contributed by atoms with E-state index in [2.05, 4.69) is 10.5 Å². The molecule has 1 aromatic carbocycles. The molecule has 0 fully saturated rings. The van der Waals surface area contributed by atoms with E-state index in [0.29, 0.717) is 29.1 Å². The van der Waals surface area contributed by atoms with Gasteiger partial charge < -0.3 is 9.84 Å². The maximum atomic E-state index is 12.7. The number of aromatic nitrogens is 1. The molecule has 8 heteroatoms. The van der Waals surface area contributed by atoms with Crippen LogP contribution in [0.5, 0.6) is 0 Å². The van der Waals surface area contributed by atoms with Gasteiger partial charge >= 0.3 is 0 Å². The van der Waals surface area contributed by atoms with E-state index in [9.17, 15) is 13.2 Å². The molecule has 0 radical (unpaired) electrons. The van der Waals surface area contributed by atoms with E-state index in [-0.39, 0.29) is 10.8 Å². The van der Waals surface area contributed by atoms with Gasteiger partial charge in [0.2, 0.25) is 10.0 Å². The van der Waals surface area contributed by atoms with Crippen LogP contribution >= 0.6 is 0 Å². The number of rotatable bonds is 5. The van der Waals surface area contributed by atoms with Crippen molar-refractivity contribution in [1.29, 1.82) is 0 Å². The summed E-state index contributed by atoms with van der Waals surface area (Å²) in [5, 5.41) is 6.68. The summed E-state index contributed by atoms with van der Waals surface area (Å²) in [6.07, 6.45) is 0.563. The summed E-state index contributed by atoms with van der Waals surface area (Å²) < 4.78 is 31.0. The zero-order valence-electron chi connectivity index (χ0n) is 15.3. The SMILES string of the molecule is CCc1noc(C)c1C(=O)Nc1cc(S(=O)(=O)N(C)C)cc(C)c1C. The lowest BCUT2D eigenvalue weighted by Crippen LogP contribution is -2.23. The summed E-state index contributed by atoms with van der Waals surface area (Å²) in [6.45, 7) is 7.19. The van der Waals surface area contributed by atoms with Crippen LogP contribution < -0.4 is 5.32 Å². The van der Waals surface area contributed by atoms with Gasteiger partial charge in [0.05, 0.1) is 10.6 Å². The van der Waals surface area contributed by atoms with Crippen molar-refractivity contribution in [3.05, 3.63) is 40.3 Å². The van der Waals surface area contributed by atoms with E-state index >= 15 is 0 Å². The minimum atomic E-state index is -3.60. The van der Waals surface area contributed by atoms with Crippen molar-refractivity contribution >= 4 is 21.6 Å². The van der Waals surface area contributed by atoms with Crippen LogP contribution in [0.25, 0.3) is 0 Å². The predicted octanol–water partition coefficient (Wildman–Crippen LogP) is 2.66. The number of aryl methyl sites for hydroxylation is 3. The zero-order valence-corrected chi connectivity index (χ0v) is 16.1. The van der Waals surface area contributed by atoms with Crippen molar-refractivity contribution < 1.29 is 17.7 Å². The van der Waals surface area contributed by atoms with Crippen LogP contribution in [0.15, 0.2) is 21.6 Å². The molecule has 0 aliphatic carbocycles. The van der Waals surface area contributed by atoms with E-state index in [1.165, 1.54) is 20.2 Å². The molecule has 1 amide bonds. The first-order chi connectivity index (χ1) is 11.6. The van der Waals surface area contributed by atoms with Gasteiger partial charge in [-0.15, -0.1) is 0 Å². The van der Waals surface area contributed by atoms with Crippen LogP contribution in [0, 0.1) is 20.8 Å². The van der Waals surface area contributed by atoms with Crippen molar-refractivity contribution in [2.24, 2.45) is 0 Å². The average molecular weight is 365 g/mol. The third-order valence-electron chi connectivity index (χ3n) is 4.16.